The van der Waals surface area contributed by atoms with Crippen LogP contribution in [0.25, 0.3) is 5.70 Å². The molecule has 0 saturated heterocycles. The molecule has 0 aliphatic carbocycles. The number of nitrogens with zero attached hydrogens (tertiary/aromatic N) is 1. The Bertz CT molecular complexity index is 630. The van der Waals surface area contributed by atoms with Gasteiger partial charge in [0, 0.05) is 39.0 Å². The molecule has 0 spiro atoms. The molecule has 0 bridgehead atoms. The quantitative estimate of drug-likeness (QED) is 0.367. The minimum atomic E-state index is -2.40. The Labute approximate surface area is 175 Å². The molecule has 28 heavy (non-hydrogen) atoms. The molecule has 1 aromatic heterocycles. The molecule has 0 amide bonds. The molecular formula is C21H34N2O3SSi. The summed E-state index contributed by atoms with van der Waals surface area (Å²) in [5, 5.41) is 3.33. The Kier molecular flexibility index (Phi) is 9.74. The number of nitrogens with one attached hydrogen (secondary N) is 1. The average molecular weight is 423 g/mol. The number of rotatable bonds is 13. The van der Waals surface area contributed by atoms with Crippen LogP contribution in [0.2, 0.25) is 6.04 Å². The zero-order valence-corrected chi connectivity index (χ0v) is 19.4. The molecule has 1 atom stereocenters. The van der Waals surface area contributed by atoms with Crippen molar-refractivity contribution in [1.29, 1.82) is 0 Å². The molecule has 0 aromatic carbocycles. The molecule has 0 saturated carbocycles. The lowest BCUT2D eigenvalue weighted by molar-refractivity contribution is 0.123. The van der Waals surface area contributed by atoms with Crippen LogP contribution >= 0.6 is 11.8 Å². The lowest BCUT2D eigenvalue weighted by Gasteiger charge is -2.27. The van der Waals surface area contributed by atoms with Crippen LogP contribution in [0.15, 0.2) is 42.7 Å². The smallest absolute Gasteiger partial charge is 0.377 e. The number of hydrogen-bond acceptors (Lipinski definition) is 6. The van der Waals surface area contributed by atoms with Crippen molar-refractivity contribution >= 4 is 26.3 Å². The van der Waals surface area contributed by atoms with Crippen molar-refractivity contribution in [1.82, 2.24) is 10.3 Å². The predicted octanol–water partition coefficient (Wildman–Crippen LogP) is 4.72. The molecule has 0 fully saturated rings. The molecule has 2 rings (SSSR count). The van der Waals surface area contributed by atoms with Crippen LogP contribution in [0.3, 0.4) is 0 Å². The normalized spacial score (nSPS) is 19.4. The first-order chi connectivity index (χ1) is 13.6. The van der Waals surface area contributed by atoms with Gasteiger partial charge in [0.25, 0.3) is 0 Å². The number of pyridine rings is 1. The number of unbranched alkanes of at least 4 members (excludes halogenated alkanes) is 1. The molecule has 2 heterocycles. The molecule has 1 aliphatic heterocycles. The minimum Gasteiger partial charge on any atom is -0.377 e. The second kappa shape index (κ2) is 11.8. The van der Waals surface area contributed by atoms with E-state index in [0.29, 0.717) is 0 Å². The van der Waals surface area contributed by atoms with E-state index in [0.717, 1.165) is 36.0 Å². The summed E-state index contributed by atoms with van der Waals surface area (Å²) < 4.78 is 16.4. The fourth-order valence-corrected chi connectivity index (χ4v) is 6.27. The maximum Gasteiger partial charge on any atom is 0.500 e. The zero-order chi connectivity index (χ0) is 20.3. The monoisotopic (exact) mass is 422 g/mol. The highest BCUT2D eigenvalue weighted by Gasteiger charge is 2.36. The van der Waals surface area contributed by atoms with Gasteiger partial charge in [0.2, 0.25) is 0 Å². The van der Waals surface area contributed by atoms with Crippen LogP contribution in [-0.2, 0) is 13.3 Å². The highest BCUT2D eigenvalue weighted by Crippen LogP contribution is 2.33. The number of thioether (sulfide) groups is 1. The summed E-state index contributed by atoms with van der Waals surface area (Å²) >= 11 is 2.01. The van der Waals surface area contributed by atoms with E-state index in [1.807, 2.05) is 36.2 Å². The van der Waals surface area contributed by atoms with Gasteiger partial charge in [-0.25, -0.2) is 0 Å². The summed E-state index contributed by atoms with van der Waals surface area (Å²) in [5.74, 6) is 2.31. The van der Waals surface area contributed by atoms with Crippen molar-refractivity contribution in [2.75, 3.05) is 32.8 Å². The van der Waals surface area contributed by atoms with E-state index in [2.05, 4.69) is 35.6 Å². The minimum absolute atomic E-state index is 0.0867. The van der Waals surface area contributed by atoms with Gasteiger partial charge < -0.3 is 18.6 Å². The molecule has 7 heteroatoms. The van der Waals surface area contributed by atoms with E-state index in [1.165, 1.54) is 18.6 Å². The Morgan fingerprint density at radius 1 is 1.07 bits per heavy atom. The van der Waals surface area contributed by atoms with Crippen LogP contribution in [0.1, 0.15) is 38.3 Å². The van der Waals surface area contributed by atoms with Crippen LogP contribution in [0, 0.1) is 5.41 Å². The largest absolute Gasteiger partial charge is 0.500 e. The second-order valence-electron chi connectivity index (χ2n) is 7.22. The molecule has 1 aromatic rings. The average Bonchev–Trinajstić information content (AvgIpc) is 2.74. The van der Waals surface area contributed by atoms with Gasteiger partial charge in [-0.15, -0.1) is 0 Å². The summed E-state index contributed by atoms with van der Waals surface area (Å²) in [5.41, 5.74) is 2.18. The molecule has 1 N–H and O–H groups in total. The van der Waals surface area contributed by atoms with E-state index < -0.39 is 8.80 Å². The number of dihydropyridines is 1. The van der Waals surface area contributed by atoms with Crippen LogP contribution in [0.5, 0.6) is 0 Å². The van der Waals surface area contributed by atoms with Crippen molar-refractivity contribution in [3.8, 4) is 0 Å². The molecule has 5 nitrogen and oxygen atoms in total. The Hall–Kier alpha value is -1.12. The van der Waals surface area contributed by atoms with Crippen molar-refractivity contribution in [3.05, 3.63) is 48.4 Å². The highest BCUT2D eigenvalue weighted by molar-refractivity contribution is 7.99. The first kappa shape index (κ1) is 23.2. The number of allylic oxidation sites excluding steroid dienone is 2. The van der Waals surface area contributed by atoms with Crippen molar-refractivity contribution in [3.63, 3.8) is 0 Å². The molecule has 1 unspecified atom stereocenters. The van der Waals surface area contributed by atoms with E-state index in [1.54, 1.807) is 21.3 Å². The van der Waals surface area contributed by atoms with Gasteiger partial charge in [-0.1, -0.05) is 25.5 Å². The summed E-state index contributed by atoms with van der Waals surface area (Å²) in [6.07, 6.45) is 13.1. The fourth-order valence-electron chi connectivity index (χ4n) is 3.33. The first-order valence-electron chi connectivity index (χ1n) is 9.88. The van der Waals surface area contributed by atoms with Gasteiger partial charge in [-0.05, 0) is 55.2 Å². The van der Waals surface area contributed by atoms with E-state index in [9.17, 15) is 0 Å². The van der Waals surface area contributed by atoms with E-state index in [4.69, 9.17) is 13.3 Å². The SMILES string of the molecule is CO[Si](CCCSCCCCC1(C)C=CNC(c2ccccn2)=C1)(OC)OC. The highest BCUT2D eigenvalue weighted by atomic mass is 32.2. The molecule has 0 radical (unpaired) electrons. The molecule has 1 aliphatic rings. The summed E-state index contributed by atoms with van der Waals surface area (Å²) in [7, 11) is 2.63. The summed E-state index contributed by atoms with van der Waals surface area (Å²) in [4.78, 5) is 4.45. The van der Waals surface area contributed by atoms with E-state index >= 15 is 0 Å². The third-order valence-corrected chi connectivity index (χ3v) is 9.06. The van der Waals surface area contributed by atoms with Crippen LogP contribution < -0.4 is 5.32 Å². The third kappa shape index (κ3) is 7.04. The standard InChI is InChI=1S/C21H34N2O3SSi/c1-21(12-14-23-20(18-21)19-10-5-7-13-22-19)11-6-8-15-27-16-9-17-28(24-2,25-3)26-4/h5,7,10,12-14,18,23H,6,8-9,11,15-17H2,1-4H3. The third-order valence-electron chi connectivity index (χ3n) is 5.08. The van der Waals surface area contributed by atoms with Gasteiger partial charge >= 0.3 is 8.80 Å². The predicted molar refractivity (Wildman–Crippen MR) is 120 cm³/mol. The lowest BCUT2D eigenvalue weighted by atomic mass is 9.82. The number of hydrogen-bond donors (Lipinski definition) is 1. The maximum atomic E-state index is 5.46. The summed E-state index contributed by atoms with van der Waals surface area (Å²) in [6.45, 7) is 2.30. The van der Waals surface area contributed by atoms with Crippen LogP contribution in [0.4, 0.5) is 0 Å². The van der Waals surface area contributed by atoms with Gasteiger partial charge in [0.15, 0.2) is 0 Å². The topological polar surface area (TPSA) is 52.6 Å². The molecule has 156 valence electrons. The first-order valence-corrected chi connectivity index (χ1v) is 13.0. The van der Waals surface area contributed by atoms with Crippen LogP contribution in [-0.4, -0.2) is 46.6 Å². The maximum absolute atomic E-state index is 5.46. The Morgan fingerprint density at radius 3 is 2.50 bits per heavy atom. The molecular weight excluding hydrogens is 388 g/mol. The zero-order valence-electron chi connectivity index (χ0n) is 17.6. The fraction of sp³-hybridized carbons (Fsp3) is 0.571. The van der Waals surface area contributed by atoms with Crippen molar-refractivity contribution in [2.24, 2.45) is 5.41 Å². The number of aromatic nitrogens is 1. The van der Waals surface area contributed by atoms with Gasteiger partial charge in [-0.2, -0.15) is 11.8 Å². The lowest BCUT2D eigenvalue weighted by Crippen LogP contribution is -2.42. The van der Waals surface area contributed by atoms with Gasteiger partial charge in [-0.3, -0.25) is 4.98 Å². The van der Waals surface area contributed by atoms with Gasteiger partial charge in [0.1, 0.15) is 0 Å². The Balaban J connectivity index is 1.66. The van der Waals surface area contributed by atoms with E-state index in [-0.39, 0.29) is 5.41 Å². The van der Waals surface area contributed by atoms with Crippen molar-refractivity contribution in [2.45, 2.75) is 38.7 Å². The van der Waals surface area contributed by atoms with Gasteiger partial charge in [0.05, 0.1) is 11.4 Å². The summed E-state index contributed by atoms with van der Waals surface area (Å²) in [6, 6.07) is 6.89. The Morgan fingerprint density at radius 2 is 1.82 bits per heavy atom. The second-order valence-corrected chi connectivity index (χ2v) is 11.5. The van der Waals surface area contributed by atoms with Crippen molar-refractivity contribution < 1.29 is 13.3 Å².